The lowest BCUT2D eigenvalue weighted by Crippen LogP contribution is -2.41. The van der Waals surface area contributed by atoms with Crippen molar-refractivity contribution in [2.75, 3.05) is 19.1 Å². The molecule has 118 valence electrons. The summed E-state index contributed by atoms with van der Waals surface area (Å²) in [6, 6.07) is 2.37. The molecule has 2 N–H and O–H groups in total. The molecule has 0 unspecified atom stereocenters. The van der Waals surface area contributed by atoms with Gasteiger partial charge in [0.2, 0.25) is 0 Å². The topological polar surface area (TPSA) is 94.3 Å². The SMILES string of the molecule is CS(=O)(=O)c1cc(C2(CN)CCC2)cc(F)c1S(C)(=O)=O. The summed E-state index contributed by atoms with van der Waals surface area (Å²) in [5.41, 5.74) is 5.76. The molecule has 0 heterocycles. The zero-order chi connectivity index (χ0) is 16.1. The zero-order valence-electron chi connectivity index (χ0n) is 11.9. The Morgan fingerprint density at radius 1 is 1.14 bits per heavy atom. The van der Waals surface area contributed by atoms with Gasteiger partial charge in [-0.3, -0.25) is 0 Å². The minimum Gasteiger partial charge on any atom is -0.330 e. The largest absolute Gasteiger partial charge is 0.330 e. The number of sulfone groups is 2. The van der Waals surface area contributed by atoms with Crippen LogP contribution in [0.25, 0.3) is 0 Å². The van der Waals surface area contributed by atoms with E-state index in [-0.39, 0.29) is 6.54 Å². The van der Waals surface area contributed by atoms with Crippen LogP contribution in [0.2, 0.25) is 0 Å². The van der Waals surface area contributed by atoms with Gasteiger partial charge in [-0.15, -0.1) is 0 Å². The molecule has 0 spiro atoms. The molecule has 0 atom stereocenters. The number of nitrogens with two attached hydrogens (primary N) is 1. The van der Waals surface area contributed by atoms with Gasteiger partial charge in [-0.2, -0.15) is 0 Å². The highest BCUT2D eigenvalue weighted by atomic mass is 32.2. The van der Waals surface area contributed by atoms with E-state index in [1.54, 1.807) is 0 Å². The monoisotopic (exact) mass is 335 g/mol. The predicted molar refractivity (Wildman–Crippen MR) is 77.2 cm³/mol. The van der Waals surface area contributed by atoms with Gasteiger partial charge in [-0.05, 0) is 30.5 Å². The van der Waals surface area contributed by atoms with Crippen LogP contribution in [0, 0.1) is 5.82 Å². The van der Waals surface area contributed by atoms with E-state index in [2.05, 4.69) is 0 Å². The first-order valence-electron chi connectivity index (χ1n) is 6.45. The molecule has 1 aliphatic rings. The highest BCUT2D eigenvalue weighted by molar-refractivity contribution is 7.93. The van der Waals surface area contributed by atoms with Crippen molar-refractivity contribution in [2.24, 2.45) is 5.73 Å². The molecule has 0 aliphatic heterocycles. The predicted octanol–water partition coefficient (Wildman–Crippen LogP) is 1.01. The molecule has 5 nitrogen and oxygen atoms in total. The van der Waals surface area contributed by atoms with E-state index in [0.717, 1.165) is 37.8 Å². The summed E-state index contributed by atoms with van der Waals surface area (Å²) in [4.78, 5) is -1.25. The van der Waals surface area contributed by atoms with Crippen molar-refractivity contribution in [3.05, 3.63) is 23.5 Å². The Labute approximate surface area is 124 Å². The smallest absolute Gasteiger partial charge is 0.179 e. The van der Waals surface area contributed by atoms with Crippen molar-refractivity contribution in [3.8, 4) is 0 Å². The lowest BCUT2D eigenvalue weighted by molar-refractivity contribution is 0.251. The molecule has 2 rings (SSSR count). The molecule has 21 heavy (non-hydrogen) atoms. The first-order valence-corrected chi connectivity index (χ1v) is 10.2. The van der Waals surface area contributed by atoms with Crippen LogP contribution in [-0.4, -0.2) is 35.9 Å². The van der Waals surface area contributed by atoms with Gasteiger partial charge in [0.25, 0.3) is 0 Å². The van der Waals surface area contributed by atoms with Crippen molar-refractivity contribution in [2.45, 2.75) is 34.5 Å². The van der Waals surface area contributed by atoms with Crippen LogP contribution in [0.15, 0.2) is 21.9 Å². The molecule has 1 aromatic carbocycles. The minimum atomic E-state index is -3.99. The van der Waals surface area contributed by atoms with Gasteiger partial charge in [0.15, 0.2) is 19.7 Å². The summed E-state index contributed by atoms with van der Waals surface area (Å²) in [6.07, 6.45) is 4.08. The Morgan fingerprint density at radius 3 is 2.05 bits per heavy atom. The summed E-state index contributed by atoms with van der Waals surface area (Å²) in [5, 5.41) is 0. The van der Waals surface area contributed by atoms with Crippen molar-refractivity contribution >= 4 is 19.7 Å². The molecule has 1 aromatic rings. The summed E-state index contributed by atoms with van der Waals surface area (Å²) in [6.45, 7) is 0.272. The van der Waals surface area contributed by atoms with Crippen LogP contribution in [0.1, 0.15) is 24.8 Å². The van der Waals surface area contributed by atoms with Crippen molar-refractivity contribution in [1.82, 2.24) is 0 Å². The minimum absolute atomic E-state index is 0.272. The fourth-order valence-electron chi connectivity index (χ4n) is 2.72. The summed E-state index contributed by atoms with van der Waals surface area (Å²) < 4.78 is 61.4. The first kappa shape index (κ1) is 16.4. The van der Waals surface area contributed by atoms with E-state index in [1.165, 1.54) is 6.07 Å². The first-order chi connectivity index (χ1) is 9.51. The Hall–Kier alpha value is -0.990. The molecule has 1 aliphatic carbocycles. The Balaban J connectivity index is 2.79. The molecule has 8 heteroatoms. The van der Waals surface area contributed by atoms with Crippen LogP contribution in [0.4, 0.5) is 4.39 Å². The standard InChI is InChI=1S/C13H18FNO4S2/c1-20(16,17)11-7-9(13(8-15)4-3-5-13)6-10(14)12(11)21(2,18)19/h6-7H,3-5,8,15H2,1-2H3. The lowest BCUT2D eigenvalue weighted by Gasteiger charge is -2.41. The highest BCUT2D eigenvalue weighted by Crippen LogP contribution is 2.44. The molecule has 1 fully saturated rings. The maximum atomic E-state index is 14.3. The van der Waals surface area contributed by atoms with Gasteiger partial charge in [0, 0.05) is 24.5 Å². The number of hydrogen-bond donors (Lipinski definition) is 1. The fourth-order valence-corrected chi connectivity index (χ4v) is 5.24. The van der Waals surface area contributed by atoms with E-state index in [0.29, 0.717) is 5.56 Å². The molecule has 0 bridgehead atoms. The van der Waals surface area contributed by atoms with E-state index in [4.69, 9.17) is 5.73 Å². The maximum Gasteiger partial charge on any atom is 0.179 e. The van der Waals surface area contributed by atoms with E-state index >= 15 is 0 Å². The average molecular weight is 335 g/mol. The highest BCUT2D eigenvalue weighted by Gasteiger charge is 2.39. The Kier molecular flexibility index (Phi) is 3.92. The van der Waals surface area contributed by atoms with Crippen LogP contribution >= 0.6 is 0 Å². The van der Waals surface area contributed by atoms with Gasteiger partial charge in [0.05, 0.1) is 4.90 Å². The second kappa shape index (κ2) is 5.03. The van der Waals surface area contributed by atoms with Crippen molar-refractivity contribution in [1.29, 1.82) is 0 Å². The normalized spacial score (nSPS) is 18.3. The molecular formula is C13H18FNO4S2. The molecule has 0 amide bonds. The number of halogens is 1. The summed E-state index contributed by atoms with van der Waals surface area (Å²) in [7, 11) is -7.86. The van der Waals surface area contributed by atoms with E-state index < -0.39 is 40.7 Å². The molecule has 1 saturated carbocycles. The van der Waals surface area contributed by atoms with Crippen molar-refractivity contribution in [3.63, 3.8) is 0 Å². The van der Waals surface area contributed by atoms with Crippen LogP contribution in [0.5, 0.6) is 0 Å². The Bertz CT molecular complexity index is 775. The van der Waals surface area contributed by atoms with Crippen molar-refractivity contribution < 1.29 is 21.2 Å². The van der Waals surface area contributed by atoms with Gasteiger partial charge < -0.3 is 5.73 Å². The molecular weight excluding hydrogens is 317 g/mol. The zero-order valence-corrected chi connectivity index (χ0v) is 13.5. The van der Waals surface area contributed by atoms with Crippen LogP contribution in [0.3, 0.4) is 0 Å². The quantitative estimate of drug-likeness (QED) is 0.886. The van der Waals surface area contributed by atoms with Gasteiger partial charge in [0.1, 0.15) is 10.7 Å². The summed E-state index contributed by atoms with van der Waals surface area (Å²) in [5.74, 6) is -1.03. The van der Waals surface area contributed by atoms with E-state index in [1.807, 2.05) is 0 Å². The number of benzene rings is 1. The molecule has 0 saturated heterocycles. The van der Waals surface area contributed by atoms with Crippen LogP contribution in [-0.2, 0) is 25.1 Å². The fraction of sp³-hybridized carbons (Fsp3) is 0.538. The third-order valence-corrected chi connectivity index (χ3v) is 6.50. The maximum absolute atomic E-state index is 14.3. The van der Waals surface area contributed by atoms with Crippen LogP contribution < -0.4 is 5.73 Å². The Morgan fingerprint density at radius 2 is 1.71 bits per heavy atom. The molecule has 0 radical (unpaired) electrons. The van der Waals surface area contributed by atoms with Gasteiger partial charge in [-0.25, -0.2) is 21.2 Å². The lowest BCUT2D eigenvalue weighted by atomic mass is 9.64. The van der Waals surface area contributed by atoms with Gasteiger partial charge >= 0.3 is 0 Å². The third-order valence-electron chi connectivity index (χ3n) is 4.09. The summed E-state index contributed by atoms with van der Waals surface area (Å²) >= 11 is 0. The second-order valence-electron chi connectivity index (χ2n) is 5.67. The van der Waals surface area contributed by atoms with E-state index in [9.17, 15) is 21.2 Å². The third kappa shape index (κ3) is 2.84. The average Bonchev–Trinajstić information content (AvgIpc) is 2.24. The van der Waals surface area contributed by atoms with Gasteiger partial charge in [-0.1, -0.05) is 6.42 Å². The molecule has 0 aromatic heterocycles. The number of rotatable bonds is 4. The second-order valence-corrected chi connectivity index (χ2v) is 9.60. The number of hydrogen-bond acceptors (Lipinski definition) is 5.